The summed E-state index contributed by atoms with van der Waals surface area (Å²) in [6.45, 7) is 0.205. The molecular weight excluding hydrogens is 408 g/mol. The molecule has 1 amide bonds. The fraction of sp³-hybridized carbons (Fsp3) is 0.133. The van der Waals surface area contributed by atoms with E-state index in [1.807, 2.05) is 24.3 Å². The van der Waals surface area contributed by atoms with Crippen LogP contribution in [0.2, 0.25) is 0 Å². The van der Waals surface area contributed by atoms with E-state index in [2.05, 4.69) is 37.2 Å². The van der Waals surface area contributed by atoms with Gasteiger partial charge in [0, 0.05) is 16.3 Å². The molecule has 0 heterocycles. The summed E-state index contributed by atoms with van der Waals surface area (Å²) < 4.78 is 27.5. The van der Waals surface area contributed by atoms with E-state index < -0.39 is 23.1 Å². The van der Waals surface area contributed by atoms with E-state index in [0.717, 1.165) is 28.6 Å². The van der Waals surface area contributed by atoms with E-state index in [1.165, 1.54) is 0 Å². The number of carbonyl (C=O) groups excluding carboxylic acids is 1. The van der Waals surface area contributed by atoms with Gasteiger partial charge >= 0.3 is 0 Å². The van der Waals surface area contributed by atoms with Crippen LogP contribution in [0.15, 0.2) is 40.9 Å². The molecule has 110 valence electrons. The van der Waals surface area contributed by atoms with Crippen molar-refractivity contribution in [1.82, 2.24) is 5.32 Å². The number of carbonyl (C=O) groups is 1. The highest BCUT2D eigenvalue weighted by Gasteiger charge is 2.18. The van der Waals surface area contributed by atoms with Crippen molar-refractivity contribution in [3.63, 3.8) is 0 Å². The van der Waals surface area contributed by atoms with Gasteiger partial charge < -0.3 is 5.32 Å². The number of halogens is 4. The molecule has 2 nitrogen and oxygen atoms in total. The number of alkyl halides is 1. The second kappa shape index (κ2) is 7.13. The van der Waals surface area contributed by atoms with Gasteiger partial charge in [-0.3, -0.25) is 4.79 Å². The Balaban J connectivity index is 2.08. The predicted octanol–water partition coefficient (Wildman–Crippen LogP) is 4.55. The third kappa shape index (κ3) is 4.11. The van der Waals surface area contributed by atoms with Gasteiger partial charge in [-0.2, -0.15) is 0 Å². The number of benzene rings is 2. The number of rotatable bonds is 4. The lowest BCUT2D eigenvalue weighted by molar-refractivity contribution is 0.0942. The summed E-state index contributed by atoms with van der Waals surface area (Å²) in [4.78, 5) is 11.9. The van der Waals surface area contributed by atoms with Crippen molar-refractivity contribution in [3.8, 4) is 0 Å². The van der Waals surface area contributed by atoms with Crippen molar-refractivity contribution < 1.29 is 13.6 Å². The number of hydrogen-bond acceptors (Lipinski definition) is 1. The number of nitrogens with one attached hydrogen (secondary N) is 1. The normalized spacial score (nSPS) is 10.5. The third-order valence-corrected chi connectivity index (χ3v) is 3.97. The van der Waals surface area contributed by atoms with E-state index in [1.54, 1.807) is 0 Å². The Hall–Kier alpha value is -1.27. The highest BCUT2D eigenvalue weighted by Crippen LogP contribution is 2.19. The summed E-state index contributed by atoms with van der Waals surface area (Å²) in [6, 6.07) is 9.65. The van der Waals surface area contributed by atoms with E-state index in [4.69, 9.17) is 0 Å². The van der Waals surface area contributed by atoms with Crippen LogP contribution < -0.4 is 5.32 Å². The molecule has 0 saturated heterocycles. The van der Waals surface area contributed by atoms with Gasteiger partial charge in [-0.15, -0.1) is 0 Å². The number of amides is 1. The van der Waals surface area contributed by atoms with E-state index in [9.17, 15) is 13.6 Å². The lowest BCUT2D eigenvalue weighted by Gasteiger charge is -2.08. The molecule has 0 bridgehead atoms. The quantitative estimate of drug-likeness (QED) is 0.725. The van der Waals surface area contributed by atoms with Gasteiger partial charge in [0.2, 0.25) is 0 Å². The predicted molar refractivity (Wildman–Crippen MR) is 84.3 cm³/mol. The van der Waals surface area contributed by atoms with Crippen molar-refractivity contribution in [3.05, 3.63) is 69.2 Å². The molecule has 0 atom stereocenters. The van der Waals surface area contributed by atoms with Gasteiger partial charge in [-0.25, -0.2) is 8.78 Å². The Bertz CT molecular complexity index is 636. The first-order valence-electron chi connectivity index (χ1n) is 6.08. The molecule has 6 heteroatoms. The molecule has 0 aliphatic heterocycles. The summed E-state index contributed by atoms with van der Waals surface area (Å²) in [5.74, 6) is -2.56. The Morgan fingerprint density at radius 3 is 2.10 bits per heavy atom. The van der Waals surface area contributed by atoms with Gasteiger partial charge in [0.1, 0.15) is 17.2 Å². The monoisotopic (exact) mass is 417 g/mol. The summed E-state index contributed by atoms with van der Waals surface area (Å²) in [5, 5.41) is 3.25. The molecule has 0 aliphatic carbocycles. The molecule has 21 heavy (non-hydrogen) atoms. The third-order valence-electron chi connectivity index (χ3n) is 2.86. The molecule has 0 spiro atoms. The maximum Gasteiger partial charge on any atom is 0.257 e. The van der Waals surface area contributed by atoms with Crippen LogP contribution in [-0.2, 0) is 11.9 Å². The van der Waals surface area contributed by atoms with Crippen molar-refractivity contribution in [1.29, 1.82) is 0 Å². The zero-order valence-electron chi connectivity index (χ0n) is 10.8. The maximum atomic E-state index is 13.7. The fourth-order valence-corrected chi connectivity index (χ4v) is 2.55. The van der Waals surface area contributed by atoms with Crippen molar-refractivity contribution >= 4 is 37.8 Å². The summed E-state index contributed by atoms with van der Waals surface area (Å²) >= 11 is 6.31. The fourth-order valence-electron chi connectivity index (χ4n) is 1.78. The summed E-state index contributed by atoms with van der Waals surface area (Å²) in [6.07, 6.45) is 0. The molecule has 0 aromatic heterocycles. The molecule has 1 N–H and O–H groups in total. The maximum absolute atomic E-state index is 13.7. The van der Waals surface area contributed by atoms with Gasteiger partial charge in [-0.1, -0.05) is 56.1 Å². The second-order valence-corrected chi connectivity index (χ2v) is 5.85. The lowest BCUT2D eigenvalue weighted by Crippen LogP contribution is -2.25. The standard InChI is InChI=1S/C15H11Br2F2NO/c16-7-9-1-3-10(4-2-9)8-20-15(21)14-12(18)5-11(17)6-13(14)19/h1-6H,7-8H2,(H,20,21). The van der Waals surface area contributed by atoms with Gasteiger partial charge in [0.05, 0.1) is 0 Å². The Morgan fingerprint density at radius 1 is 1.05 bits per heavy atom. The molecule has 2 aromatic rings. The first-order chi connectivity index (χ1) is 10.0. The number of hydrogen-bond donors (Lipinski definition) is 1. The minimum atomic E-state index is -0.894. The molecule has 0 aliphatic rings. The van der Waals surface area contributed by atoms with Crippen LogP contribution in [0.25, 0.3) is 0 Å². The topological polar surface area (TPSA) is 29.1 Å². The van der Waals surface area contributed by atoms with Gasteiger partial charge in [0.15, 0.2) is 0 Å². The molecule has 2 rings (SSSR count). The van der Waals surface area contributed by atoms with Crippen molar-refractivity contribution in [2.45, 2.75) is 11.9 Å². The molecule has 0 fully saturated rings. The first-order valence-corrected chi connectivity index (χ1v) is 7.99. The minimum absolute atomic E-state index is 0.205. The Kier molecular flexibility index (Phi) is 5.47. The first kappa shape index (κ1) is 16.1. The average Bonchev–Trinajstić information content (AvgIpc) is 2.44. The highest BCUT2D eigenvalue weighted by molar-refractivity contribution is 9.10. The van der Waals surface area contributed by atoms with Crippen LogP contribution in [-0.4, -0.2) is 5.91 Å². The van der Waals surface area contributed by atoms with Crippen molar-refractivity contribution in [2.24, 2.45) is 0 Å². The van der Waals surface area contributed by atoms with Crippen LogP contribution in [0.1, 0.15) is 21.5 Å². The van der Waals surface area contributed by atoms with Crippen LogP contribution >= 0.6 is 31.9 Å². The van der Waals surface area contributed by atoms with Crippen LogP contribution in [0.5, 0.6) is 0 Å². The summed E-state index contributed by atoms with van der Waals surface area (Å²) in [5.41, 5.74) is 1.39. The zero-order chi connectivity index (χ0) is 15.4. The largest absolute Gasteiger partial charge is 0.348 e. The van der Waals surface area contributed by atoms with E-state index in [0.29, 0.717) is 0 Å². The molecule has 0 unspecified atom stereocenters. The lowest BCUT2D eigenvalue weighted by atomic mass is 10.1. The minimum Gasteiger partial charge on any atom is -0.348 e. The van der Waals surface area contributed by atoms with Crippen LogP contribution in [0.3, 0.4) is 0 Å². The Labute approximate surface area is 137 Å². The van der Waals surface area contributed by atoms with Crippen molar-refractivity contribution in [2.75, 3.05) is 0 Å². The molecule has 0 saturated carbocycles. The average molecular weight is 419 g/mol. The summed E-state index contributed by atoms with van der Waals surface area (Å²) in [7, 11) is 0. The molecule has 2 aromatic carbocycles. The Morgan fingerprint density at radius 2 is 1.57 bits per heavy atom. The SMILES string of the molecule is O=C(NCc1ccc(CBr)cc1)c1c(F)cc(Br)cc1F. The van der Waals surface area contributed by atoms with E-state index in [-0.39, 0.29) is 11.0 Å². The second-order valence-electron chi connectivity index (χ2n) is 4.38. The molecule has 0 radical (unpaired) electrons. The smallest absolute Gasteiger partial charge is 0.257 e. The van der Waals surface area contributed by atoms with Gasteiger partial charge in [-0.05, 0) is 23.3 Å². The van der Waals surface area contributed by atoms with Crippen LogP contribution in [0.4, 0.5) is 8.78 Å². The van der Waals surface area contributed by atoms with Crippen LogP contribution in [0, 0.1) is 11.6 Å². The zero-order valence-corrected chi connectivity index (χ0v) is 14.0. The van der Waals surface area contributed by atoms with E-state index >= 15 is 0 Å². The van der Waals surface area contributed by atoms with Gasteiger partial charge in [0.25, 0.3) is 5.91 Å². The molecular formula is C15H11Br2F2NO. The highest BCUT2D eigenvalue weighted by atomic mass is 79.9.